The van der Waals surface area contributed by atoms with Crippen LogP contribution in [0.4, 0.5) is 0 Å². The van der Waals surface area contributed by atoms with Crippen LogP contribution in [0.25, 0.3) is 100 Å². The quantitative estimate of drug-likeness (QED) is 0.172. The average molecular weight is 723 g/mol. The molecule has 0 unspecified atom stereocenters. The first-order valence-corrected chi connectivity index (χ1v) is 18.3. The summed E-state index contributed by atoms with van der Waals surface area (Å²) in [6.07, 6.45) is 0. The Kier molecular flexibility index (Phi) is 5.92. The van der Waals surface area contributed by atoms with E-state index in [4.69, 9.17) is 17.7 Å². The minimum Gasteiger partial charge on any atom is -0.307 e. The first-order chi connectivity index (χ1) is 30.7. The molecule has 0 fully saturated rings. The third kappa shape index (κ3) is 5.21. The van der Waals surface area contributed by atoms with Gasteiger partial charge in [-0.2, -0.15) is 9.97 Å². The van der Waals surface area contributed by atoms with E-state index in [1.54, 1.807) is 10.6 Å². The predicted octanol–water partition coefficient (Wildman–Crippen LogP) is 12.7. The van der Waals surface area contributed by atoms with Crippen molar-refractivity contribution in [1.82, 2.24) is 24.1 Å². The molecule has 262 valence electrons. The fraction of sp³-hybridized carbons (Fsp3) is 0. The van der Waals surface area contributed by atoms with Crippen molar-refractivity contribution in [3.8, 4) is 56.7 Å². The summed E-state index contributed by atoms with van der Waals surface area (Å²) in [5.41, 5.74) is 7.40. The highest BCUT2D eigenvalue weighted by Crippen LogP contribution is 2.42. The molecule has 11 rings (SSSR count). The van der Waals surface area contributed by atoms with Crippen LogP contribution in [0.3, 0.4) is 0 Å². The van der Waals surface area contributed by atoms with Crippen molar-refractivity contribution in [3.63, 3.8) is 0 Å². The maximum Gasteiger partial charge on any atom is 0.238 e. The number of para-hydroxylation sites is 2. The average Bonchev–Trinajstić information content (AvgIpc) is 3.86. The molecule has 0 saturated carbocycles. The molecule has 56 heavy (non-hydrogen) atoms. The maximum atomic E-state index is 9.66. The van der Waals surface area contributed by atoms with Crippen molar-refractivity contribution in [2.24, 2.45) is 0 Å². The highest BCUT2D eigenvalue weighted by molar-refractivity contribution is 6.23. The summed E-state index contributed by atoms with van der Waals surface area (Å²) in [5.74, 6) is 0.803. The normalized spacial score (nSPS) is 13.3. The van der Waals surface area contributed by atoms with E-state index in [0.717, 1.165) is 22.3 Å². The highest BCUT2D eigenvalue weighted by Gasteiger charge is 2.23. The second-order valence-electron chi connectivity index (χ2n) is 13.5. The van der Waals surface area contributed by atoms with Gasteiger partial charge < -0.3 is 4.57 Å². The number of aromatic nitrogens is 5. The number of fused-ring (bicyclic) bond motifs is 7. The Balaban J connectivity index is 1.31. The molecule has 3 aromatic heterocycles. The molecule has 0 saturated heterocycles. The summed E-state index contributed by atoms with van der Waals surface area (Å²) in [7, 11) is 0. The van der Waals surface area contributed by atoms with Crippen molar-refractivity contribution in [1.29, 1.82) is 0 Å². The van der Waals surface area contributed by atoms with Crippen LogP contribution < -0.4 is 0 Å². The summed E-state index contributed by atoms with van der Waals surface area (Å²) in [6.45, 7) is 0. The Morgan fingerprint density at radius 3 is 1.52 bits per heavy atom. The monoisotopic (exact) mass is 722 g/mol. The zero-order chi connectivity index (χ0) is 43.1. The summed E-state index contributed by atoms with van der Waals surface area (Å²) in [5, 5.41) is 1.24. The molecule has 3 heterocycles. The van der Waals surface area contributed by atoms with Gasteiger partial charge >= 0.3 is 0 Å². The fourth-order valence-electron chi connectivity index (χ4n) is 7.66. The maximum absolute atomic E-state index is 9.66. The van der Waals surface area contributed by atoms with E-state index in [1.807, 2.05) is 144 Å². The predicted molar refractivity (Wildman–Crippen MR) is 230 cm³/mol. The van der Waals surface area contributed by atoms with Gasteiger partial charge in [0, 0.05) is 38.4 Å². The van der Waals surface area contributed by atoms with E-state index in [9.17, 15) is 6.85 Å². The third-order valence-electron chi connectivity index (χ3n) is 10.2. The molecule has 8 aromatic carbocycles. The Morgan fingerprint density at radius 1 is 0.357 bits per heavy atom. The minimum absolute atomic E-state index is 0.0122. The molecule has 0 aliphatic heterocycles. The van der Waals surface area contributed by atoms with E-state index in [2.05, 4.69) is 0 Å². The minimum atomic E-state index is -0.178. The van der Waals surface area contributed by atoms with Crippen molar-refractivity contribution < 1.29 is 9.60 Å². The number of rotatable bonds is 6. The highest BCUT2D eigenvalue weighted by atomic mass is 15.2. The lowest BCUT2D eigenvalue weighted by molar-refractivity contribution is 0.953. The second-order valence-corrected chi connectivity index (χ2v) is 13.5. The van der Waals surface area contributed by atoms with Gasteiger partial charge in [-0.1, -0.05) is 176 Å². The fourth-order valence-corrected chi connectivity index (χ4v) is 7.66. The van der Waals surface area contributed by atoms with Gasteiger partial charge in [0.2, 0.25) is 5.95 Å². The summed E-state index contributed by atoms with van der Waals surface area (Å²) in [6, 6.07) is 48.8. The molecule has 5 heteroatoms. The smallest absolute Gasteiger partial charge is 0.238 e. The van der Waals surface area contributed by atoms with Gasteiger partial charge in [0.1, 0.15) is 0 Å². The topological polar surface area (TPSA) is 48.5 Å². The van der Waals surface area contributed by atoms with Gasteiger partial charge in [-0.15, -0.1) is 0 Å². The summed E-state index contributed by atoms with van der Waals surface area (Å²) in [4.78, 5) is 15.2. The van der Waals surface area contributed by atoms with Crippen LogP contribution in [0.15, 0.2) is 200 Å². The van der Waals surface area contributed by atoms with E-state index in [1.165, 1.54) is 12.1 Å². The lowest BCUT2D eigenvalue weighted by Crippen LogP contribution is -2.07. The SMILES string of the molecule is [2H]c1cc([2H])c2c(c1[2H])c1cc([2H])c3c4c([2H])c([2H])cc([2H])c4n(-c4nc(-c5ccccc5)nc(-c5ccc(-c6ccccc6)cc5)n4)c3c1n2-c1cccc(-c2ccccc2)c1. The van der Waals surface area contributed by atoms with Gasteiger partial charge in [0.05, 0.1) is 31.7 Å². The molecule has 0 atom stereocenters. The molecule has 0 radical (unpaired) electrons. The summed E-state index contributed by atoms with van der Waals surface area (Å²) >= 11 is 0. The molecule has 5 nitrogen and oxygen atoms in total. The zero-order valence-corrected chi connectivity index (χ0v) is 29.7. The van der Waals surface area contributed by atoms with Crippen molar-refractivity contribution in [2.75, 3.05) is 0 Å². The number of nitrogens with zero attached hydrogens (tertiary/aromatic N) is 5. The molecule has 0 aliphatic rings. The number of hydrogen-bond donors (Lipinski definition) is 0. The lowest BCUT2D eigenvalue weighted by atomic mass is 10.0. The Labute approximate surface area is 333 Å². The first-order valence-electron chi connectivity index (χ1n) is 21.8. The molecule has 0 spiro atoms. The van der Waals surface area contributed by atoms with Crippen LogP contribution in [0.2, 0.25) is 0 Å². The Hall–Kier alpha value is -7.63. The van der Waals surface area contributed by atoms with Gasteiger partial charge in [0.25, 0.3) is 0 Å². The molecule has 0 aliphatic carbocycles. The number of hydrogen-bond acceptors (Lipinski definition) is 3. The van der Waals surface area contributed by atoms with Gasteiger partial charge in [-0.3, -0.25) is 4.57 Å². The van der Waals surface area contributed by atoms with Crippen LogP contribution in [0, 0.1) is 0 Å². The van der Waals surface area contributed by atoms with Crippen molar-refractivity contribution in [3.05, 3.63) is 200 Å². The zero-order valence-electron chi connectivity index (χ0n) is 36.7. The Bertz CT molecular complexity index is 3630. The van der Waals surface area contributed by atoms with Crippen LogP contribution in [0.5, 0.6) is 0 Å². The van der Waals surface area contributed by atoms with E-state index < -0.39 is 0 Å². The molecule has 11 aromatic rings. The van der Waals surface area contributed by atoms with Gasteiger partial charge in [-0.25, -0.2) is 4.98 Å². The molecular formula is C51H33N5. The van der Waals surface area contributed by atoms with Gasteiger partial charge in [0.15, 0.2) is 11.6 Å². The first kappa shape index (κ1) is 25.4. The third-order valence-corrected chi connectivity index (χ3v) is 10.2. The van der Waals surface area contributed by atoms with E-state index in [0.29, 0.717) is 55.8 Å². The number of benzene rings is 8. The molecule has 0 amide bonds. The van der Waals surface area contributed by atoms with Crippen molar-refractivity contribution in [2.45, 2.75) is 0 Å². The lowest BCUT2D eigenvalue weighted by Gasteiger charge is -2.14. The Morgan fingerprint density at radius 2 is 0.857 bits per heavy atom. The largest absolute Gasteiger partial charge is 0.307 e. The molecule has 0 bridgehead atoms. The van der Waals surface area contributed by atoms with Crippen LogP contribution >= 0.6 is 0 Å². The second kappa shape index (κ2) is 13.0. The van der Waals surface area contributed by atoms with E-state index >= 15 is 0 Å². The van der Waals surface area contributed by atoms with Crippen molar-refractivity contribution >= 4 is 43.6 Å². The van der Waals surface area contributed by atoms with Crippen LogP contribution in [-0.2, 0) is 0 Å². The van der Waals surface area contributed by atoms with E-state index in [-0.39, 0.29) is 64.5 Å². The van der Waals surface area contributed by atoms with Crippen LogP contribution in [0.1, 0.15) is 9.60 Å². The molecule has 0 N–H and O–H groups in total. The van der Waals surface area contributed by atoms with Gasteiger partial charge in [-0.05, 0) is 46.5 Å². The summed E-state index contributed by atoms with van der Waals surface area (Å²) < 4.78 is 68.1. The standard InChI is InChI=1S/C51H33N5/c1-4-15-34(16-5-1)36-27-29-38(30-28-36)50-52-49(37-19-8-3-9-20-37)53-51(54-50)56-46-26-13-11-24-42(46)44-32-31-43-41-23-10-12-25-45(41)55(47(43)48(44)56)40-22-14-21-39(33-40)35-17-6-2-7-18-35/h1-33H/i10D,11D,23D,24D,25D,26D,32D. The molecular weight excluding hydrogens is 683 g/mol. The van der Waals surface area contributed by atoms with Crippen LogP contribution in [-0.4, -0.2) is 24.1 Å².